The molecule has 0 aromatic rings. The Labute approximate surface area is 243 Å². The van der Waals surface area contributed by atoms with Crippen molar-refractivity contribution in [1.82, 2.24) is 0 Å². The molecule has 4 fully saturated rings. The van der Waals surface area contributed by atoms with Crippen LogP contribution in [0.25, 0.3) is 0 Å². The molecule has 0 bridgehead atoms. The lowest BCUT2D eigenvalue weighted by molar-refractivity contribution is -0.376. The van der Waals surface area contributed by atoms with E-state index in [4.69, 9.17) is 33.2 Å². The highest BCUT2D eigenvalue weighted by atomic mass is 16.8. The van der Waals surface area contributed by atoms with Gasteiger partial charge in [-0.1, -0.05) is 0 Å². The van der Waals surface area contributed by atoms with Crippen molar-refractivity contribution in [2.24, 2.45) is 0 Å². The quantitative estimate of drug-likeness (QED) is 0.112. The highest BCUT2D eigenvalue weighted by Gasteiger charge is 2.53. The van der Waals surface area contributed by atoms with Gasteiger partial charge >= 0.3 is 0 Å². The Hall–Kier alpha value is -0.800. The molecule has 252 valence electrons. The zero-order valence-corrected chi connectivity index (χ0v) is 22.5. The highest BCUT2D eigenvalue weighted by Crippen LogP contribution is 2.32. The summed E-state index contributed by atoms with van der Waals surface area (Å²) in [6.07, 6.45) is -32.5. The minimum atomic E-state index is -1.97. The summed E-state index contributed by atoms with van der Waals surface area (Å²) >= 11 is 0. The van der Waals surface area contributed by atoms with Crippen LogP contribution in [0.15, 0.2) is 0 Å². The lowest BCUT2D eigenvalue weighted by atomic mass is 9.96. The van der Waals surface area contributed by atoms with Crippen LogP contribution >= 0.6 is 0 Å². The maximum atomic E-state index is 10.9. The molecule has 20 heteroatoms. The summed E-state index contributed by atoms with van der Waals surface area (Å²) in [5, 5.41) is 132. The number of ether oxygens (including phenoxy) is 7. The van der Waals surface area contributed by atoms with Crippen molar-refractivity contribution in [2.75, 3.05) is 26.4 Å². The second kappa shape index (κ2) is 14.7. The van der Waals surface area contributed by atoms with Crippen LogP contribution in [0.5, 0.6) is 0 Å². The predicted octanol–water partition coefficient (Wildman–Crippen LogP) is -9.11. The maximum absolute atomic E-state index is 10.9. The minimum absolute atomic E-state index is 0.450. The van der Waals surface area contributed by atoms with Crippen LogP contribution in [0.4, 0.5) is 0 Å². The van der Waals surface area contributed by atoms with Gasteiger partial charge in [-0.25, -0.2) is 0 Å². The lowest BCUT2D eigenvalue weighted by Gasteiger charge is -2.47. The average molecular weight is 637 g/mol. The third-order valence-corrected chi connectivity index (χ3v) is 7.82. The van der Waals surface area contributed by atoms with Gasteiger partial charge in [0.15, 0.2) is 25.2 Å². The maximum Gasteiger partial charge on any atom is 0.187 e. The van der Waals surface area contributed by atoms with E-state index in [1.165, 1.54) is 0 Å². The fraction of sp³-hybridized carbons (Fsp3) is 1.00. The van der Waals surface area contributed by atoms with E-state index in [0.717, 1.165) is 0 Å². The standard InChI is InChI=1S/C23H40O20/c24-1-5-9(26)13(30)16(33)21(39-5)38-4-8-10(27)14(31)17(34)22(41-8)43-19-12(29)6(2-25)40-23(18(19)35)42-7-3-37-20(36)15(32)11(7)28/h5-36H,1-4H2/t5-,6-,7-,8-,9-,10-,11+,12-,13+,14+,15-,16-,17-,18-,19+,20+,21+,22-,23-/m1/s1. The van der Waals surface area contributed by atoms with E-state index in [9.17, 15) is 66.4 Å². The molecule has 0 amide bonds. The number of rotatable bonds is 9. The zero-order valence-electron chi connectivity index (χ0n) is 22.5. The first-order chi connectivity index (χ1) is 20.3. The Morgan fingerprint density at radius 2 is 1.00 bits per heavy atom. The first-order valence-electron chi connectivity index (χ1n) is 13.5. The van der Waals surface area contributed by atoms with Gasteiger partial charge in [0.1, 0.15) is 91.6 Å². The van der Waals surface area contributed by atoms with Crippen LogP contribution in [-0.2, 0) is 33.2 Å². The molecule has 4 heterocycles. The van der Waals surface area contributed by atoms with Crippen molar-refractivity contribution >= 4 is 0 Å². The third-order valence-electron chi connectivity index (χ3n) is 7.82. The van der Waals surface area contributed by atoms with E-state index < -0.39 is 143 Å². The Bertz CT molecular complexity index is 869. The lowest BCUT2D eigenvalue weighted by Crippen LogP contribution is -2.66. The van der Waals surface area contributed by atoms with Gasteiger partial charge in [0, 0.05) is 0 Å². The van der Waals surface area contributed by atoms with Gasteiger partial charge in [0.2, 0.25) is 0 Å². The van der Waals surface area contributed by atoms with Crippen molar-refractivity contribution in [3.8, 4) is 0 Å². The molecule has 0 unspecified atom stereocenters. The number of aliphatic hydroxyl groups excluding tert-OH is 13. The van der Waals surface area contributed by atoms with Crippen molar-refractivity contribution in [3.63, 3.8) is 0 Å². The average Bonchev–Trinajstić information content (AvgIpc) is 2.99. The Kier molecular flexibility index (Phi) is 12.0. The Balaban J connectivity index is 1.43. The second-order valence-electron chi connectivity index (χ2n) is 10.7. The summed E-state index contributed by atoms with van der Waals surface area (Å²) in [5.41, 5.74) is 0. The van der Waals surface area contributed by atoms with Gasteiger partial charge in [-0.3, -0.25) is 0 Å². The van der Waals surface area contributed by atoms with E-state index in [1.54, 1.807) is 0 Å². The topological polar surface area (TPSA) is 328 Å². The molecule has 0 saturated carbocycles. The Morgan fingerprint density at radius 3 is 1.63 bits per heavy atom. The summed E-state index contributed by atoms with van der Waals surface area (Å²) in [4.78, 5) is 0. The smallest absolute Gasteiger partial charge is 0.187 e. The molecule has 4 rings (SSSR count). The summed E-state index contributed by atoms with van der Waals surface area (Å²) < 4.78 is 37.4. The number of hydrogen-bond acceptors (Lipinski definition) is 20. The van der Waals surface area contributed by atoms with Crippen molar-refractivity contribution < 1.29 is 99.5 Å². The van der Waals surface area contributed by atoms with Gasteiger partial charge < -0.3 is 99.5 Å². The molecule has 4 saturated heterocycles. The van der Waals surface area contributed by atoms with Gasteiger partial charge in [-0.15, -0.1) is 0 Å². The molecule has 0 aromatic heterocycles. The van der Waals surface area contributed by atoms with Crippen molar-refractivity contribution in [3.05, 3.63) is 0 Å². The SMILES string of the molecule is OC[C@H]1O[C@H](OC[C@H]2O[C@H](O[C@@H]3[C@@H](O)[C@@H](O[C@@H]4CO[C@H](O)[C@H](O)[C@H]4O)O[C@H](CO)[C@H]3O)[C@H](O)[C@@H](O)[C@@H]2O)[C@H](O)[C@@H](O)[C@@H]1O. The van der Waals surface area contributed by atoms with E-state index in [1.807, 2.05) is 0 Å². The molecule has 19 atom stereocenters. The van der Waals surface area contributed by atoms with E-state index in [-0.39, 0.29) is 0 Å². The molecule has 0 aromatic carbocycles. The molecule has 4 aliphatic rings. The van der Waals surface area contributed by atoms with Crippen molar-refractivity contribution in [1.29, 1.82) is 0 Å². The molecule has 0 radical (unpaired) electrons. The van der Waals surface area contributed by atoms with Crippen LogP contribution < -0.4 is 0 Å². The van der Waals surface area contributed by atoms with Crippen LogP contribution in [0.1, 0.15) is 0 Å². The second-order valence-corrected chi connectivity index (χ2v) is 10.7. The summed E-state index contributed by atoms with van der Waals surface area (Å²) in [7, 11) is 0. The highest BCUT2D eigenvalue weighted by molar-refractivity contribution is 4.96. The van der Waals surface area contributed by atoms with Gasteiger partial charge in [-0.05, 0) is 0 Å². The molecule has 4 aliphatic heterocycles. The van der Waals surface area contributed by atoms with E-state index >= 15 is 0 Å². The summed E-state index contributed by atoms with van der Waals surface area (Å²) in [5.74, 6) is 0. The van der Waals surface area contributed by atoms with Crippen LogP contribution in [0.3, 0.4) is 0 Å². The largest absolute Gasteiger partial charge is 0.394 e. The first-order valence-corrected chi connectivity index (χ1v) is 13.5. The van der Waals surface area contributed by atoms with Gasteiger partial charge in [-0.2, -0.15) is 0 Å². The molecule has 0 spiro atoms. The summed E-state index contributed by atoms with van der Waals surface area (Å²) in [6, 6.07) is 0. The number of aliphatic hydroxyl groups is 13. The predicted molar refractivity (Wildman–Crippen MR) is 128 cm³/mol. The minimum Gasteiger partial charge on any atom is -0.394 e. The van der Waals surface area contributed by atoms with Crippen LogP contribution in [0, 0.1) is 0 Å². The molecular formula is C23H40O20. The molecular weight excluding hydrogens is 596 g/mol. The number of hydrogen-bond donors (Lipinski definition) is 13. The van der Waals surface area contributed by atoms with Crippen molar-refractivity contribution in [2.45, 2.75) is 117 Å². The molecule has 43 heavy (non-hydrogen) atoms. The normalized spacial score (nSPS) is 53.1. The summed E-state index contributed by atoms with van der Waals surface area (Å²) in [6.45, 7) is -2.69. The van der Waals surface area contributed by atoms with E-state index in [0.29, 0.717) is 0 Å². The van der Waals surface area contributed by atoms with Gasteiger partial charge in [0.25, 0.3) is 0 Å². The van der Waals surface area contributed by atoms with Gasteiger partial charge in [0.05, 0.1) is 26.4 Å². The zero-order chi connectivity index (χ0) is 31.7. The van der Waals surface area contributed by atoms with Crippen LogP contribution in [0.2, 0.25) is 0 Å². The Morgan fingerprint density at radius 1 is 0.488 bits per heavy atom. The fourth-order valence-corrected chi connectivity index (χ4v) is 5.11. The molecule has 13 N–H and O–H groups in total. The van der Waals surface area contributed by atoms with Crippen LogP contribution in [-0.4, -0.2) is 210 Å². The molecule has 20 nitrogen and oxygen atoms in total. The first kappa shape index (κ1) is 35.1. The van der Waals surface area contributed by atoms with E-state index in [2.05, 4.69) is 0 Å². The molecule has 0 aliphatic carbocycles. The monoisotopic (exact) mass is 636 g/mol. The fourth-order valence-electron chi connectivity index (χ4n) is 5.11. The third kappa shape index (κ3) is 7.29.